The molecule has 0 aliphatic heterocycles. The first-order valence-electron chi connectivity index (χ1n) is 5.75. The number of thiophene rings is 1. The van der Waals surface area contributed by atoms with E-state index < -0.39 is 0 Å². The molecule has 0 aromatic carbocycles. The first-order chi connectivity index (χ1) is 8.27. The SMILES string of the molecule is CCNC(c1sccc1Br)c1ccnn1CC. The molecule has 0 amide bonds. The minimum atomic E-state index is 0.219. The second-order valence-electron chi connectivity index (χ2n) is 3.70. The second-order valence-corrected chi connectivity index (χ2v) is 5.50. The van der Waals surface area contributed by atoms with E-state index in [0.717, 1.165) is 17.6 Å². The molecule has 2 aromatic heterocycles. The minimum Gasteiger partial charge on any atom is -0.305 e. The zero-order chi connectivity index (χ0) is 12.3. The van der Waals surface area contributed by atoms with Gasteiger partial charge in [-0.3, -0.25) is 4.68 Å². The van der Waals surface area contributed by atoms with Gasteiger partial charge < -0.3 is 5.32 Å². The van der Waals surface area contributed by atoms with Crippen LogP contribution >= 0.6 is 27.3 Å². The number of hydrogen-bond acceptors (Lipinski definition) is 3. The van der Waals surface area contributed by atoms with Gasteiger partial charge in [0.2, 0.25) is 0 Å². The van der Waals surface area contributed by atoms with Crippen LogP contribution in [0.25, 0.3) is 0 Å². The van der Waals surface area contributed by atoms with Crippen molar-refractivity contribution < 1.29 is 0 Å². The molecule has 0 bridgehead atoms. The van der Waals surface area contributed by atoms with E-state index in [1.165, 1.54) is 10.6 Å². The van der Waals surface area contributed by atoms with Gasteiger partial charge in [0, 0.05) is 22.1 Å². The number of aromatic nitrogens is 2. The van der Waals surface area contributed by atoms with Crippen molar-refractivity contribution in [3.63, 3.8) is 0 Å². The first-order valence-corrected chi connectivity index (χ1v) is 7.43. The molecule has 5 heteroatoms. The molecule has 1 unspecified atom stereocenters. The third kappa shape index (κ3) is 2.61. The molecular formula is C12H16BrN3S. The number of nitrogens with one attached hydrogen (secondary N) is 1. The number of halogens is 1. The van der Waals surface area contributed by atoms with Crippen LogP contribution in [0.4, 0.5) is 0 Å². The summed E-state index contributed by atoms with van der Waals surface area (Å²) in [5, 5.41) is 9.97. The van der Waals surface area contributed by atoms with E-state index in [1.807, 2.05) is 10.9 Å². The monoisotopic (exact) mass is 313 g/mol. The van der Waals surface area contributed by atoms with E-state index in [4.69, 9.17) is 0 Å². The Morgan fingerprint density at radius 1 is 1.47 bits per heavy atom. The normalized spacial score (nSPS) is 12.9. The van der Waals surface area contributed by atoms with Crippen molar-refractivity contribution in [1.29, 1.82) is 0 Å². The Labute approximate surface area is 114 Å². The molecule has 0 radical (unpaired) electrons. The fourth-order valence-electron chi connectivity index (χ4n) is 1.90. The third-order valence-corrected chi connectivity index (χ3v) is 4.60. The highest BCUT2D eigenvalue weighted by Crippen LogP contribution is 2.32. The van der Waals surface area contributed by atoms with Crippen molar-refractivity contribution in [2.45, 2.75) is 26.4 Å². The standard InChI is InChI=1S/C12H16BrN3S/c1-3-14-11(12-9(13)6-8-17-12)10-5-7-15-16(10)4-2/h5-8,11,14H,3-4H2,1-2H3. The number of hydrogen-bond donors (Lipinski definition) is 1. The van der Waals surface area contributed by atoms with Gasteiger partial charge in [0.05, 0.1) is 11.7 Å². The van der Waals surface area contributed by atoms with Crippen LogP contribution in [0.15, 0.2) is 28.2 Å². The summed E-state index contributed by atoms with van der Waals surface area (Å²) in [5.41, 5.74) is 1.22. The van der Waals surface area contributed by atoms with Crippen LogP contribution in [0.3, 0.4) is 0 Å². The van der Waals surface area contributed by atoms with Crippen LogP contribution in [-0.4, -0.2) is 16.3 Å². The van der Waals surface area contributed by atoms with Crippen molar-refractivity contribution in [1.82, 2.24) is 15.1 Å². The van der Waals surface area contributed by atoms with Crippen LogP contribution in [0.5, 0.6) is 0 Å². The predicted octanol–water partition coefficient (Wildman–Crippen LogP) is 3.43. The maximum Gasteiger partial charge on any atom is 0.0853 e. The summed E-state index contributed by atoms with van der Waals surface area (Å²) >= 11 is 5.37. The second kappa shape index (κ2) is 5.80. The van der Waals surface area contributed by atoms with Crippen molar-refractivity contribution >= 4 is 27.3 Å². The molecule has 3 nitrogen and oxygen atoms in total. The molecule has 0 aliphatic carbocycles. The van der Waals surface area contributed by atoms with Crippen LogP contribution in [0.1, 0.15) is 30.5 Å². The molecule has 0 saturated heterocycles. The van der Waals surface area contributed by atoms with Crippen molar-refractivity contribution in [3.8, 4) is 0 Å². The van der Waals surface area contributed by atoms with Gasteiger partial charge in [-0.1, -0.05) is 6.92 Å². The molecule has 2 rings (SSSR count). The van der Waals surface area contributed by atoms with Crippen LogP contribution in [-0.2, 0) is 6.54 Å². The molecule has 1 N–H and O–H groups in total. The average Bonchev–Trinajstić information content (AvgIpc) is 2.94. The fourth-order valence-corrected chi connectivity index (χ4v) is 3.59. The van der Waals surface area contributed by atoms with Gasteiger partial charge in [-0.2, -0.15) is 5.10 Å². The fraction of sp³-hybridized carbons (Fsp3) is 0.417. The molecule has 1 atom stereocenters. The molecule has 0 aliphatic rings. The summed E-state index contributed by atoms with van der Waals surface area (Å²) in [6, 6.07) is 4.40. The summed E-state index contributed by atoms with van der Waals surface area (Å²) in [6.07, 6.45) is 1.87. The Morgan fingerprint density at radius 2 is 2.29 bits per heavy atom. The van der Waals surface area contributed by atoms with Crippen LogP contribution in [0.2, 0.25) is 0 Å². The quantitative estimate of drug-likeness (QED) is 0.916. The Hall–Kier alpha value is -0.650. The Bertz CT molecular complexity index is 478. The van der Waals surface area contributed by atoms with E-state index >= 15 is 0 Å². The molecular weight excluding hydrogens is 298 g/mol. The summed E-state index contributed by atoms with van der Waals surface area (Å²) in [7, 11) is 0. The Morgan fingerprint density at radius 3 is 2.88 bits per heavy atom. The largest absolute Gasteiger partial charge is 0.305 e. The lowest BCUT2D eigenvalue weighted by molar-refractivity contribution is 0.546. The smallest absolute Gasteiger partial charge is 0.0853 e. The molecule has 0 fully saturated rings. The predicted molar refractivity (Wildman–Crippen MR) is 75.4 cm³/mol. The van der Waals surface area contributed by atoms with E-state index in [2.05, 4.69) is 57.7 Å². The number of aryl methyl sites for hydroxylation is 1. The van der Waals surface area contributed by atoms with E-state index in [0.29, 0.717) is 0 Å². The zero-order valence-electron chi connectivity index (χ0n) is 9.98. The Kier molecular flexibility index (Phi) is 4.36. The van der Waals surface area contributed by atoms with Crippen molar-refractivity contribution in [3.05, 3.63) is 38.8 Å². The lowest BCUT2D eigenvalue weighted by Gasteiger charge is -2.18. The zero-order valence-corrected chi connectivity index (χ0v) is 12.4. The molecule has 0 saturated carbocycles. The molecule has 92 valence electrons. The summed E-state index contributed by atoms with van der Waals surface area (Å²) in [6.45, 7) is 6.07. The summed E-state index contributed by atoms with van der Waals surface area (Å²) < 4.78 is 3.21. The maximum absolute atomic E-state index is 4.34. The van der Waals surface area contributed by atoms with E-state index in [-0.39, 0.29) is 6.04 Å². The van der Waals surface area contributed by atoms with Crippen molar-refractivity contribution in [2.75, 3.05) is 6.54 Å². The maximum atomic E-state index is 4.34. The number of rotatable bonds is 5. The van der Waals surface area contributed by atoms with Gasteiger partial charge in [0.25, 0.3) is 0 Å². The molecule has 17 heavy (non-hydrogen) atoms. The first kappa shape index (κ1) is 12.8. The number of nitrogens with zero attached hydrogens (tertiary/aromatic N) is 2. The highest BCUT2D eigenvalue weighted by Gasteiger charge is 2.20. The van der Waals surface area contributed by atoms with Crippen LogP contribution < -0.4 is 5.32 Å². The van der Waals surface area contributed by atoms with Crippen LogP contribution in [0, 0.1) is 0 Å². The average molecular weight is 314 g/mol. The van der Waals surface area contributed by atoms with Gasteiger partial charge >= 0.3 is 0 Å². The van der Waals surface area contributed by atoms with Gasteiger partial charge in [0.1, 0.15) is 0 Å². The lowest BCUT2D eigenvalue weighted by Crippen LogP contribution is -2.24. The van der Waals surface area contributed by atoms with Gasteiger partial charge in [-0.25, -0.2) is 0 Å². The highest BCUT2D eigenvalue weighted by atomic mass is 79.9. The minimum absolute atomic E-state index is 0.219. The highest BCUT2D eigenvalue weighted by molar-refractivity contribution is 9.10. The Balaban J connectivity index is 2.39. The van der Waals surface area contributed by atoms with Gasteiger partial charge in [-0.05, 0) is 46.9 Å². The lowest BCUT2D eigenvalue weighted by atomic mass is 10.1. The molecule has 0 spiro atoms. The molecule has 2 aromatic rings. The van der Waals surface area contributed by atoms with E-state index in [9.17, 15) is 0 Å². The topological polar surface area (TPSA) is 29.9 Å². The van der Waals surface area contributed by atoms with Gasteiger partial charge in [-0.15, -0.1) is 11.3 Å². The van der Waals surface area contributed by atoms with Crippen molar-refractivity contribution in [2.24, 2.45) is 0 Å². The summed E-state index contributed by atoms with van der Waals surface area (Å²) in [5.74, 6) is 0. The van der Waals surface area contributed by atoms with E-state index in [1.54, 1.807) is 11.3 Å². The third-order valence-electron chi connectivity index (χ3n) is 2.66. The van der Waals surface area contributed by atoms with Gasteiger partial charge in [0.15, 0.2) is 0 Å². The summed E-state index contributed by atoms with van der Waals surface area (Å²) in [4.78, 5) is 1.31. The molecule has 2 heterocycles.